The minimum absolute atomic E-state index is 0.154. The molecule has 0 saturated heterocycles. The summed E-state index contributed by atoms with van der Waals surface area (Å²) in [5, 5.41) is 0. The molecule has 0 aliphatic carbocycles. The minimum atomic E-state index is -1.04. The van der Waals surface area contributed by atoms with Gasteiger partial charge < -0.3 is 0 Å². The van der Waals surface area contributed by atoms with Crippen molar-refractivity contribution in [1.82, 2.24) is 4.98 Å². The maximum Gasteiger partial charge on any atom is 0.226 e. The summed E-state index contributed by atoms with van der Waals surface area (Å²) in [6.45, 7) is 1.60. The van der Waals surface area contributed by atoms with E-state index >= 15 is 0 Å². The van der Waals surface area contributed by atoms with Crippen molar-refractivity contribution in [2.24, 2.45) is 0 Å². The van der Waals surface area contributed by atoms with E-state index in [1.165, 1.54) is 0 Å². The molecule has 4 heteroatoms. The van der Waals surface area contributed by atoms with Crippen LogP contribution in [-0.4, -0.2) is 10.8 Å². The fourth-order valence-corrected chi connectivity index (χ4v) is 0.811. The van der Waals surface area contributed by atoms with Crippen molar-refractivity contribution in [3.63, 3.8) is 0 Å². The molecule has 1 heterocycles. The molecule has 0 radical (unpaired) electrons. The van der Waals surface area contributed by atoms with Crippen LogP contribution in [0, 0.1) is 11.9 Å². The number of nitrogens with zero attached hydrogens (tertiary/aromatic N) is 1. The molecule has 0 unspecified atom stereocenters. The Morgan fingerprint density at radius 3 is 2.67 bits per heavy atom. The van der Waals surface area contributed by atoms with Gasteiger partial charge in [0.1, 0.15) is 0 Å². The molecule has 0 fully saturated rings. The molecular formula is C8H7F2NO. The highest BCUT2D eigenvalue weighted by Crippen LogP contribution is 2.07. The van der Waals surface area contributed by atoms with E-state index in [1.54, 1.807) is 6.92 Å². The molecule has 12 heavy (non-hydrogen) atoms. The molecule has 0 amide bonds. The van der Waals surface area contributed by atoms with Crippen LogP contribution in [0.15, 0.2) is 12.1 Å². The Balaban J connectivity index is 3.09. The summed E-state index contributed by atoms with van der Waals surface area (Å²) in [5.74, 6) is -2.33. The first-order valence-electron chi connectivity index (χ1n) is 3.50. The molecule has 64 valence electrons. The highest BCUT2D eigenvalue weighted by molar-refractivity contribution is 5.95. The molecule has 0 spiro atoms. The van der Waals surface area contributed by atoms with Crippen molar-refractivity contribution < 1.29 is 13.6 Å². The Morgan fingerprint density at radius 1 is 1.50 bits per heavy atom. The third kappa shape index (κ3) is 1.64. The number of aromatic nitrogens is 1. The van der Waals surface area contributed by atoms with Crippen LogP contribution in [0.3, 0.4) is 0 Å². The van der Waals surface area contributed by atoms with Gasteiger partial charge in [-0.1, -0.05) is 6.92 Å². The minimum Gasteiger partial charge on any atom is -0.294 e. The van der Waals surface area contributed by atoms with Crippen LogP contribution >= 0.6 is 0 Å². The number of rotatable bonds is 2. The third-order valence-electron chi connectivity index (χ3n) is 1.44. The van der Waals surface area contributed by atoms with Crippen molar-refractivity contribution in [2.45, 2.75) is 13.3 Å². The Labute approximate surface area is 68.2 Å². The Bertz CT molecular complexity index is 312. The number of carbonyl (C=O) groups excluding carboxylic acids is 1. The maximum atomic E-state index is 12.7. The number of Topliss-reactive ketones (excluding diaryl/α,β-unsaturated/α-hetero) is 1. The molecule has 1 rings (SSSR count). The summed E-state index contributed by atoms with van der Waals surface area (Å²) in [7, 11) is 0. The smallest absolute Gasteiger partial charge is 0.226 e. The van der Waals surface area contributed by atoms with Gasteiger partial charge in [-0.25, -0.2) is 0 Å². The van der Waals surface area contributed by atoms with Gasteiger partial charge in [0.2, 0.25) is 11.9 Å². The van der Waals surface area contributed by atoms with E-state index in [0.29, 0.717) is 0 Å². The Kier molecular flexibility index (Phi) is 2.47. The van der Waals surface area contributed by atoms with Crippen LogP contribution in [-0.2, 0) is 0 Å². The SMILES string of the molecule is CCC(=O)c1ccc(F)nc1F. The zero-order valence-electron chi connectivity index (χ0n) is 6.47. The first kappa shape index (κ1) is 8.77. The number of hydrogen-bond acceptors (Lipinski definition) is 2. The summed E-state index contributed by atoms with van der Waals surface area (Å²) in [6, 6.07) is 2.06. The second kappa shape index (κ2) is 3.38. The van der Waals surface area contributed by atoms with E-state index < -0.39 is 11.9 Å². The van der Waals surface area contributed by atoms with E-state index in [1.807, 2.05) is 0 Å². The van der Waals surface area contributed by atoms with Gasteiger partial charge in [-0.2, -0.15) is 13.8 Å². The van der Waals surface area contributed by atoms with Gasteiger partial charge in [0.15, 0.2) is 5.78 Å². The number of halogens is 2. The van der Waals surface area contributed by atoms with E-state index in [4.69, 9.17) is 0 Å². The monoisotopic (exact) mass is 171 g/mol. The Hall–Kier alpha value is -1.32. The van der Waals surface area contributed by atoms with E-state index in [9.17, 15) is 13.6 Å². The van der Waals surface area contributed by atoms with Crippen molar-refractivity contribution in [3.8, 4) is 0 Å². The van der Waals surface area contributed by atoms with Gasteiger partial charge in [0.25, 0.3) is 0 Å². The summed E-state index contributed by atoms with van der Waals surface area (Å²) < 4.78 is 25.0. The normalized spacial score (nSPS) is 9.92. The lowest BCUT2D eigenvalue weighted by Crippen LogP contribution is -2.03. The fourth-order valence-electron chi connectivity index (χ4n) is 0.811. The zero-order valence-corrected chi connectivity index (χ0v) is 6.47. The third-order valence-corrected chi connectivity index (χ3v) is 1.44. The molecular weight excluding hydrogens is 164 g/mol. The highest BCUT2D eigenvalue weighted by atomic mass is 19.1. The number of ketones is 1. The van der Waals surface area contributed by atoms with Crippen LogP contribution in [0.1, 0.15) is 23.7 Å². The summed E-state index contributed by atoms with van der Waals surface area (Å²) in [6.07, 6.45) is 0.185. The van der Waals surface area contributed by atoms with Gasteiger partial charge in [-0.15, -0.1) is 0 Å². The van der Waals surface area contributed by atoms with E-state index in [0.717, 1.165) is 12.1 Å². The molecule has 0 N–H and O–H groups in total. The van der Waals surface area contributed by atoms with Crippen molar-refractivity contribution >= 4 is 5.78 Å². The van der Waals surface area contributed by atoms with Crippen molar-refractivity contribution in [3.05, 3.63) is 29.6 Å². The van der Waals surface area contributed by atoms with Crippen LogP contribution in [0.4, 0.5) is 8.78 Å². The number of hydrogen-bond donors (Lipinski definition) is 0. The molecule has 1 aromatic heterocycles. The molecule has 1 aromatic rings. The first-order valence-corrected chi connectivity index (χ1v) is 3.50. The lowest BCUT2D eigenvalue weighted by molar-refractivity contribution is 0.0983. The van der Waals surface area contributed by atoms with Crippen molar-refractivity contribution in [2.75, 3.05) is 0 Å². The average molecular weight is 171 g/mol. The molecule has 0 aliphatic heterocycles. The van der Waals surface area contributed by atoms with Crippen LogP contribution in [0.2, 0.25) is 0 Å². The molecule has 0 atom stereocenters. The van der Waals surface area contributed by atoms with Gasteiger partial charge in [0, 0.05) is 6.42 Å². The van der Waals surface area contributed by atoms with Gasteiger partial charge >= 0.3 is 0 Å². The zero-order chi connectivity index (χ0) is 9.14. The van der Waals surface area contributed by atoms with E-state index in [-0.39, 0.29) is 17.8 Å². The van der Waals surface area contributed by atoms with Crippen LogP contribution in [0.5, 0.6) is 0 Å². The molecule has 0 aliphatic rings. The van der Waals surface area contributed by atoms with Crippen LogP contribution < -0.4 is 0 Å². The fraction of sp³-hybridized carbons (Fsp3) is 0.250. The summed E-state index contributed by atoms with van der Waals surface area (Å²) >= 11 is 0. The van der Waals surface area contributed by atoms with Crippen molar-refractivity contribution in [1.29, 1.82) is 0 Å². The predicted octanol–water partition coefficient (Wildman–Crippen LogP) is 1.95. The topological polar surface area (TPSA) is 30.0 Å². The second-order valence-corrected chi connectivity index (χ2v) is 2.25. The number of pyridine rings is 1. The largest absolute Gasteiger partial charge is 0.294 e. The molecule has 0 saturated carbocycles. The number of carbonyl (C=O) groups is 1. The second-order valence-electron chi connectivity index (χ2n) is 2.25. The first-order chi connectivity index (χ1) is 5.65. The predicted molar refractivity (Wildman–Crippen MR) is 38.8 cm³/mol. The molecule has 0 aromatic carbocycles. The maximum absolute atomic E-state index is 12.7. The summed E-state index contributed by atoms with van der Waals surface area (Å²) in [4.78, 5) is 13.8. The average Bonchev–Trinajstić information content (AvgIpc) is 2.03. The van der Waals surface area contributed by atoms with Gasteiger partial charge in [-0.05, 0) is 12.1 Å². The molecule has 2 nitrogen and oxygen atoms in total. The Morgan fingerprint density at radius 2 is 2.17 bits per heavy atom. The molecule has 0 bridgehead atoms. The quantitative estimate of drug-likeness (QED) is 0.502. The van der Waals surface area contributed by atoms with Gasteiger partial charge in [-0.3, -0.25) is 4.79 Å². The lowest BCUT2D eigenvalue weighted by Gasteiger charge is -1.97. The standard InChI is InChI=1S/C8H7F2NO/c1-2-6(12)5-3-4-7(9)11-8(5)10/h3-4H,2H2,1H3. The van der Waals surface area contributed by atoms with Gasteiger partial charge in [0.05, 0.1) is 5.56 Å². The van der Waals surface area contributed by atoms with Crippen LogP contribution in [0.25, 0.3) is 0 Å². The highest BCUT2D eigenvalue weighted by Gasteiger charge is 2.10. The van der Waals surface area contributed by atoms with E-state index in [2.05, 4.69) is 4.98 Å². The lowest BCUT2D eigenvalue weighted by atomic mass is 10.1. The summed E-state index contributed by atoms with van der Waals surface area (Å²) in [5.41, 5.74) is -0.154.